The predicted molar refractivity (Wildman–Crippen MR) is 78.9 cm³/mol. The van der Waals surface area contributed by atoms with Crippen molar-refractivity contribution >= 4 is 17.5 Å². The average molecular weight is 272 g/mol. The molecule has 0 saturated carbocycles. The Bertz CT molecular complexity index is 537. The van der Waals surface area contributed by atoms with Crippen molar-refractivity contribution in [1.29, 1.82) is 0 Å². The molecule has 0 spiro atoms. The lowest BCUT2D eigenvalue weighted by atomic mass is 10.1. The van der Waals surface area contributed by atoms with Crippen LogP contribution in [-0.2, 0) is 11.2 Å². The van der Waals surface area contributed by atoms with Gasteiger partial charge in [0.2, 0.25) is 0 Å². The Morgan fingerprint density at radius 1 is 1.05 bits per heavy atom. The molecule has 0 aliphatic rings. The molecule has 2 aromatic carbocycles. The van der Waals surface area contributed by atoms with Crippen LogP contribution in [0.4, 0.5) is 0 Å². The van der Waals surface area contributed by atoms with Gasteiger partial charge in [-0.1, -0.05) is 36.4 Å². The first-order chi connectivity index (χ1) is 9.29. The third-order valence-corrected chi connectivity index (χ3v) is 3.79. The first kappa shape index (κ1) is 13.7. The Morgan fingerprint density at radius 3 is 2.47 bits per heavy atom. The minimum absolute atomic E-state index is 0.207. The van der Waals surface area contributed by atoms with Crippen LogP contribution >= 0.6 is 11.8 Å². The van der Waals surface area contributed by atoms with E-state index in [1.807, 2.05) is 54.6 Å². The molecule has 0 aliphatic carbocycles. The van der Waals surface area contributed by atoms with Crippen LogP contribution in [-0.4, -0.2) is 18.6 Å². The number of hydrogen-bond acceptors (Lipinski definition) is 3. The lowest BCUT2D eigenvalue weighted by molar-refractivity contribution is -0.116. The highest BCUT2D eigenvalue weighted by molar-refractivity contribution is 8.00. The number of ether oxygens (including phenoxy) is 1. The van der Waals surface area contributed by atoms with Gasteiger partial charge in [0.25, 0.3) is 0 Å². The Kier molecular flexibility index (Phi) is 5.04. The van der Waals surface area contributed by atoms with E-state index in [0.717, 1.165) is 16.2 Å². The van der Waals surface area contributed by atoms with E-state index in [9.17, 15) is 4.79 Å². The van der Waals surface area contributed by atoms with Gasteiger partial charge >= 0.3 is 0 Å². The highest BCUT2D eigenvalue weighted by Gasteiger charge is 2.08. The number of rotatable bonds is 6. The second-order valence-electron chi connectivity index (χ2n) is 4.13. The third kappa shape index (κ3) is 4.14. The molecule has 2 aromatic rings. The maximum atomic E-state index is 12.0. The normalized spacial score (nSPS) is 10.2. The molecular formula is C16H16O2S. The van der Waals surface area contributed by atoms with Crippen LogP contribution in [0.3, 0.4) is 0 Å². The van der Waals surface area contributed by atoms with Crippen molar-refractivity contribution < 1.29 is 9.53 Å². The van der Waals surface area contributed by atoms with Gasteiger partial charge in [-0.15, -0.1) is 11.8 Å². The van der Waals surface area contributed by atoms with Crippen LogP contribution in [0.15, 0.2) is 59.5 Å². The Labute approximate surface area is 117 Å². The van der Waals surface area contributed by atoms with Crippen molar-refractivity contribution in [3.8, 4) is 5.75 Å². The van der Waals surface area contributed by atoms with Crippen molar-refractivity contribution in [3.05, 3.63) is 60.2 Å². The fourth-order valence-corrected chi connectivity index (χ4v) is 2.57. The summed E-state index contributed by atoms with van der Waals surface area (Å²) in [6, 6.07) is 17.6. The zero-order chi connectivity index (χ0) is 13.5. The number of benzene rings is 2. The zero-order valence-corrected chi connectivity index (χ0v) is 11.7. The second kappa shape index (κ2) is 7.00. The van der Waals surface area contributed by atoms with Gasteiger partial charge in [0, 0.05) is 16.9 Å². The molecule has 2 rings (SSSR count). The molecule has 0 unspecified atom stereocenters. The number of para-hydroxylation sites is 1. The van der Waals surface area contributed by atoms with Gasteiger partial charge in [-0.25, -0.2) is 0 Å². The smallest absolute Gasteiger partial charge is 0.147 e. The molecular weight excluding hydrogens is 256 g/mol. The number of methoxy groups -OCH3 is 1. The van der Waals surface area contributed by atoms with E-state index in [0.29, 0.717) is 12.2 Å². The minimum atomic E-state index is 0.207. The highest BCUT2D eigenvalue weighted by atomic mass is 32.2. The number of Topliss-reactive ketones (excluding diaryl/α,β-unsaturated/α-hetero) is 1. The maximum absolute atomic E-state index is 12.0. The molecule has 0 bridgehead atoms. The fraction of sp³-hybridized carbons (Fsp3) is 0.188. The summed E-state index contributed by atoms with van der Waals surface area (Å²) in [5, 5.41) is 0. The summed E-state index contributed by atoms with van der Waals surface area (Å²) in [4.78, 5) is 13.1. The molecule has 0 heterocycles. The summed E-state index contributed by atoms with van der Waals surface area (Å²) < 4.78 is 5.25. The summed E-state index contributed by atoms with van der Waals surface area (Å²) in [7, 11) is 1.63. The van der Waals surface area contributed by atoms with Gasteiger partial charge in [-0.05, 0) is 18.2 Å². The van der Waals surface area contributed by atoms with Gasteiger partial charge in [-0.2, -0.15) is 0 Å². The average Bonchev–Trinajstić information content (AvgIpc) is 2.47. The van der Waals surface area contributed by atoms with Crippen LogP contribution in [0.5, 0.6) is 5.75 Å². The van der Waals surface area contributed by atoms with E-state index >= 15 is 0 Å². The molecule has 2 nitrogen and oxygen atoms in total. The zero-order valence-electron chi connectivity index (χ0n) is 10.8. The number of thioether (sulfide) groups is 1. The SMILES string of the molecule is COc1ccccc1CC(=O)CSc1ccccc1. The highest BCUT2D eigenvalue weighted by Crippen LogP contribution is 2.21. The molecule has 98 valence electrons. The van der Waals surface area contributed by atoms with Gasteiger partial charge in [-0.3, -0.25) is 4.79 Å². The summed E-state index contributed by atoms with van der Waals surface area (Å²) in [6.45, 7) is 0. The molecule has 0 aliphatic heterocycles. The molecule has 0 saturated heterocycles. The van der Waals surface area contributed by atoms with E-state index in [2.05, 4.69) is 0 Å². The van der Waals surface area contributed by atoms with Gasteiger partial charge in [0.05, 0.1) is 12.9 Å². The summed E-state index contributed by atoms with van der Waals surface area (Å²) in [5.41, 5.74) is 0.948. The first-order valence-electron chi connectivity index (χ1n) is 6.11. The van der Waals surface area contributed by atoms with E-state index in [4.69, 9.17) is 4.74 Å². The Balaban J connectivity index is 1.91. The Morgan fingerprint density at radius 2 is 1.74 bits per heavy atom. The van der Waals surface area contributed by atoms with Crippen molar-refractivity contribution in [2.75, 3.05) is 12.9 Å². The van der Waals surface area contributed by atoms with Crippen molar-refractivity contribution in [1.82, 2.24) is 0 Å². The van der Waals surface area contributed by atoms with Crippen LogP contribution in [0.1, 0.15) is 5.56 Å². The van der Waals surface area contributed by atoms with E-state index in [-0.39, 0.29) is 5.78 Å². The topological polar surface area (TPSA) is 26.3 Å². The minimum Gasteiger partial charge on any atom is -0.496 e. The largest absolute Gasteiger partial charge is 0.496 e. The van der Waals surface area contributed by atoms with E-state index in [1.165, 1.54) is 0 Å². The molecule has 0 fully saturated rings. The number of hydrogen-bond donors (Lipinski definition) is 0. The van der Waals surface area contributed by atoms with Crippen molar-refractivity contribution in [2.24, 2.45) is 0 Å². The van der Waals surface area contributed by atoms with Crippen LogP contribution in [0, 0.1) is 0 Å². The van der Waals surface area contributed by atoms with Gasteiger partial charge in [0.15, 0.2) is 0 Å². The fourth-order valence-electron chi connectivity index (χ4n) is 1.79. The summed E-state index contributed by atoms with van der Waals surface area (Å²) >= 11 is 1.57. The Hall–Kier alpha value is -1.74. The number of ketones is 1. The summed E-state index contributed by atoms with van der Waals surface area (Å²) in [6.07, 6.45) is 0.420. The maximum Gasteiger partial charge on any atom is 0.147 e. The third-order valence-electron chi connectivity index (χ3n) is 2.72. The molecule has 0 atom stereocenters. The lowest BCUT2D eigenvalue weighted by Crippen LogP contribution is -2.06. The molecule has 0 radical (unpaired) electrons. The lowest BCUT2D eigenvalue weighted by Gasteiger charge is -2.07. The van der Waals surface area contributed by atoms with E-state index < -0.39 is 0 Å². The second-order valence-corrected chi connectivity index (χ2v) is 5.18. The molecule has 0 N–H and O–H groups in total. The molecule has 0 aromatic heterocycles. The van der Waals surface area contributed by atoms with Crippen LogP contribution in [0.25, 0.3) is 0 Å². The van der Waals surface area contributed by atoms with Crippen LogP contribution in [0.2, 0.25) is 0 Å². The van der Waals surface area contributed by atoms with Crippen molar-refractivity contribution in [3.63, 3.8) is 0 Å². The molecule has 0 amide bonds. The standard InChI is InChI=1S/C16H16O2S/c1-18-16-10-6-5-7-13(16)11-14(17)12-19-15-8-3-2-4-9-15/h2-10H,11-12H2,1H3. The summed E-state index contributed by atoms with van der Waals surface area (Å²) in [5.74, 6) is 1.47. The predicted octanol–water partition coefficient (Wildman–Crippen LogP) is 3.60. The van der Waals surface area contributed by atoms with Gasteiger partial charge < -0.3 is 4.74 Å². The first-order valence-corrected chi connectivity index (χ1v) is 7.09. The van der Waals surface area contributed by atoms with E-state index in [1.54, 1.807) is 18.9 Å². The number of carbonyl (C=O) groups excluding carboxylic acids is 1. The van der Waals surface area contributed by atoms with Gasteiger partial charge in [0.1, 0.15) is 11.5 Å². The monoisotopic (exact) mass is 272 g/mol. The molecule has 19 heavy (non-hydrogen) atoms. The van der Waals surface area contributed by atoms with Crippen molar-refractivity contribution in [2.45, 2.75) is 11.3 Å². The van der Waals surface area contributed by atoms with Crippen LogP contribution < -0.4 is 4.74 Å². The number of carbonyl (C=O) groups is 1. The molecule has 3 heteroatoms. The quantitative estimate of drug-likeness (QED) is 0.752.